The number of benzene rings is 1. The summed E-state index contributed by atoms with van der Waals surface area (Å²) >= 11 is 0. The van der Waals surface area contributed by atoms with Crippen molar-refractivity contribution < 1.29 is 14.3 Å². The average Bonchev–Trinajstić information content (AvgIpc) is 3.00. The molecule has 1 fully saturated rings. The topological polar surface area (TPSA) is 50.8 Å². The van der Waals surface area contributed by atoms with Gasteiger partial charge in [0, 0.05) is 37.7 Å². The van der Waals surface area contributed by atoms with E-state index >= 15 is 0 Å². The molecule has 0 bridgehead atoms. The summed E-state index contributed by atoms with van der Waals surface area (Å²) < 4.78 is 11.6. The summed E-state index contributed by atoms with van der Waals surface area (Å²) in [6.45, 7) is 10.2. The van der Waals surface area contributed by atoms with E-state index in [9.17, 15) is 4.79 Å². The molecular formula is C19H30N2O3. The summed E-state index contributed by atoms with van der Waals surface area (Å²) in [5.74, 6) is 2.42. The molecule has 1 unspecified atom stereocenters. The van der Waals surface area contributed by atoms with Crippen molar-refractivity contribution in [1.82, 2.24) is 10.2 Å². The van der Waals surface area contributed by atoms with Crippen LogP contribution in [0.4, 0.5) is 0 Å². The number of rotatable bonds is 8. The standard InChI is InChI=1S/C19H30N2O3/c1-5-23-17-8-7-16(19(14(17)3)24-6-2)13-21-10-9-15(12-21)11-18(22)20-4/h7-8,15H,5-6,9-13H2,1-4H3,(H,20,22). The lowest BCUT2D eigenvalue weighted by Gasteiger charge is -2.21. The van der Waals surface area contributed by atoms with E-state index in [0.29, 0.717) is 25.6 Å². The van der Waals surface area contributed by atoms with Crippen LogP contribution in [0.25, 0.3) is 0 Å². The summed E-state index contributed by atoms with van der Waals surface area (Å²) in [6, 6.07) is 4.14. The van der Waals surface area contributed by atoms with Gasteiger partial charge in [-0.3, -0.25) is 9.69 Å². The maximum Gasteiger partial charge on any atom is 0.220 e. The second-order valence-electron chi connectivity index (χ2n) is 6.31. The number of hydrogen-bond acceptors (Lipinski definition) is 4. The molecule has 1 saturated heterocycles. The summed E-state index contributed by atoms with van der Waals surface area (Å²) in [6.07, 6.45) is 1.70. The van der Waals surface area contributed by atoms with Crippen molar-refractivity contribution >= 4 is 5.91 Å². The Balaban J connectivity index is 2.06. The lowest BCUT2D eigenvalue weighted by molar-refractivity contribution is -0.121. The zero-order valence-corrected chi connectivity index (χ0v) is 15.4. The van der Waals surface area contributed by atoms with E-state index in [1.165, 1.54) is 5.56 Å². The molecule has 1 N–H and O–H groups in total. The normalized spacial score (nSPS) is 17.8. The molecule has 1 atom stereocenters. The van der Waals surface area contributed by atoms with Gasteiger partial charge in [0.15, 0.2) is 0 Å². The van der Waals surface area contributed by atoms with E-state index in [0.717, 1.165) is 43.1 Å². The van der Waals surface area contributed by atoms with Crippen molar-refractivity contribution in [3.05, 3.63) is 23.3 Å². The molecule has 5 nitrogen and oxygen atoms in total. The van der Waals surface area contributed by atoms with Crippen LogP contribution in [-0.4, -0.2) is 44.2 Å². The molecule has 1 aromatic rings. The minimum atomic E-state index is 0.133. The summed E-state index contributed by atoms with van der Waals surface area (Å²) in [4.78, 5) is 14.0. The second kappa shape index (κ2) is 8.92. The Bertz CT molecular complexity index is 560. The SMILES string of the molecule is CCOc1ccc(CN2CCC(CC(=O)NC)C2)c(OCC)c1C. The zero-order valence-electron chi connectivity index (χ0n) is 15.4. The largest absolute Gasteiger partial charge is 0.493 e. The smallest absolute Gasteiger partial charge is 0.220 e. The molecule has 24 heavy (non-hydrogen) atoms. The van der Waals surface area contributed by atoms with Gasteiger partial charge in [-0.25, -0.2) is 0 Å². The van der Waals surface area contributed by atoms with Crippen molar-refractivity contribution in [3.8, 4) is 11.5 Å². The number of carbonyl (C=O) groups is 1. The lowest BCUT2D eigenvalue weighted by Crippen LogP contribution is -2.24. The Morgan fingerprint density at radius 3 is 2.71 bits per heavy atom. The minimum Gasteiger partial charge on any atom is -0.493 e. The van der Waals surface area contributed by atoms with Crippen molar-refractivity contribution in [2.75, 3.05) is 33.4 Å². The van der Waals surface area contributed by atoms with E-state index in [1.54, 1.807) is 7.05 Å². The van der Waals surface area contributed by atoms with E-state index in [2.05, 4.69) is 23.2 Å². The number of nitrogens with zero attached hydrogens (tertiary/aromatic N) is 1. The molecule has 134 valence electrons. The first-order chi connectivity index (χ1) is 11.6. The van der Waals surface area contributed by atoms with E-state index < -0.39 is 0 Å². The van der Waals surface area contributed by atoms with Gasteiger partial charge < -0.3 is 14.8 Å². The molecule has 0 spiro atoms. The van der Waals surface area contributed by atoms with E-state index in [4.69, 9.17) is 9.47 Å². The minimum absolute atomic E-state index is 0.133. The van der Waals surface area contributed by atoms with Crippen molar-refractivity contribution in [1.29, 1.82) is 0 Å². The molecule has 1 aliphatic rings. The highest BCUT2D eigenvalue weighted by Gasteiger charge is 2.25. The third-order valence-corrected chi connectivity index (χ3v) is 4.54. The molecule has 0 saturated carbocycles. The summed E-state index contributed by atoms with van der Waals surface area (Å²) in [5.41, 5.74) is 2.26. The van der Waals surface area contributed by atoms with E-state index in [1.807, 2.05) is 19.9 Å². The molecule has 1 heterocycles. The van der Waals surface area contributed by atoms with Gasteiger partial charge in [-0.2, -0.15) is 0 Å². The van der Waals surface area contributed by atoms with Gasteiger partial charge in [-0.1, -0.05) is 6.07 Å². The van der Waals surface area contributed by atoms with Crippen LogP contribution < -0.4 is 14.8 Å². The van der Waals surface area contributed by atoms with Gasteiger partial charge in [0.2, 0.25) is 5.91 Å². The van der Waals surface area contributed by atoms with Crippen LogP contribution >= 0.6 is 0 Å². The molecule has 1 aliphatic heterocycles. The molecule has 5 heteroatoms. The highest BCUT2D eigenvalue weighted by Crippen LogP contribution is 2.33. The van der Waals surface area contributed by atoms with Crippen LogP contribution in [0.15, 0.2) is 12.1 Å². The van der Waals surface area contributed by atoms with Crippen LogP contribution in [0.1, 0.15) is 37.8 Å². The summed E-state index contributed by atoms with van der Waals surface area (Å²) in [7, 11) is 1.70. The van der Waals surface area contributed by atoms with Gasteiger partial charge in [-0.15, -0.1) is 0 Å². The maximum atomic E-state index is 11.6. The molecule has 1 amide bonds. The number of ether oxygens (including phenoxy) is 2. The maximum absolute atomic E-state index is 11.6. The van der Waals surface area contributed by atoms with Crippen LogP contribution in [0.3, 0.4) is 0 Å². The Kier molecular flexibility index (Phi) is 6.91. The molecule has 0 aliphatic carbocycles. The van der Waals surface area contributed by atoms with Crippen molar-refractivity contribution in [2.45, 2.75) is 40.2 Å². The lowest BCUT2D eigenvalue weighted by atomic mass is 10.0. The number of nitrogens with one attached hydrogen (secondary N) is 1. The Morgan fingerprint density at radius 1 is 1.29 bits per heavy atom. The zero-order chi connectivity index (χ0) is 17.5. The third kappa shape index (κ3) is 4.63. The molecule has 0 aromatic heterocycles. The van der Waals surface area contributed by atoms with Gasteiger partial charge in [0.1, 0.15) is 11.5 Å². The third-order valence-electron chi connectivity index (χ3n) is 4.54. The first-order valence-corrected chi connectivity index (χ1v) is 8.90. The van der Waals surface area contributed by atoms with Gasteiger partial charge >= 0.3 is 0 Å². The summed E-state index contributed by atoms with van der Waals surface area (Å²) in [5, 5.41) is 2.72. The number of likely N-dealkylation sites (tertiary alicyclic amines) is 1. The van der Waals surface area contributed by atoms with Gasteiger partial charge in [0.05, 0.1) is 13.2 Å². The van der Waals surface area contributed by atoms with Crippen molar-refractivity contribution in [2.24, 2.45) is 5.92 Å². The first-order valence-electron chi connectivity index (χ1n) is 8.90. The fourth-order valence-electron chi connectivity index (χ4n) is 3.34. The fraction of sp³-hybridized carbons (Fsp3) is 0.632. The first kappa shape index (κ1) is 18.6. The molecule has 1 aromatic carbocycles. The predicted molar refractivity (Wildman–Crippen MR) is 95.6 cm³/mol. The van der Waals surface area contributed by atoms with Gasteiger partial charge in [0.25, 0.3) is 0 Å². The van der Waals surface area contributed by atoms with Crippen LogP contribution in [0, 0.1) is 12.8 Å². The van der Waals surface area contributed by atoms with Crippen LogP contribution in [-0.2, 0) is 11.3 Å². The Labute approximate surface area is 145 Å². The quantitative estimate of drug-likeness (QED) is 0.794. The number of hydrogen-bond donors (Lipinski definition) is 1. The molecular weight excluding hydrogens is 304 g/mol. The van der Waals surface area contributed by atoms with E-state index in [-0.39, 0.29) is 5.91 Å². The average molecular weight is 334 g/mol. The van der Waals surface area contributed by atoms with Crippen LogP contribution in [0.2, 0.25) is 0 Å². The highest BCUT2D eigenvalue weighted by atomic mass is 16.5. The highest BCUT2D eigenvalue weighted by molar-refractivity contribution is 5.75. The Morgan fingerprint density at radius 2 is 2.04 bits per heavy atom. The van der Waals surface area contributed by atoms with Crippen LogP contribution in [0.5, 0.6) is 11.5 Å². The Hall–Kier alpha value is -1.75. The number of carbonyl (C=O) groups excluding carboxylic acids is 1. The number of amides is 1. The monoisotopic (exact) mass is 334 g/mol. The van der Waals surface area contributed by atoms with Gasteiger partial charge in [-0.05, 0) is 45.7 Å². The second-order valence-corrected chi connectivity index (χ2v) is 6.31. The molecule has 2 rings (SSSR count). The fourth-order valence-corrected chi connectivity index (χ4v) is 3.34. The van der Waals surface area contributed by atoms with Crippen molar-refractivity contribution in [3.63, 3.8) is 0 Å². The molecule has 0 radical (unpaired) electrons. The predicted octanol–water partition coefficient (Wildman–Crippen LogP) is 2.75.